The Morgan fingerprint density at radius 1 is 1.12 bits per heavy atom. The SMILES string of the molecule is CN(C(=O)c1ccccc1N)c1ccc2c(ccc(=O)n2C)c1Br. The van der Waals surface area contributed by atoms with Crippen molar-refractivity contribution in [1.82, 2.24) is 4.57 Å². The fourth-order valence-corrected chi connectivity index (χ4v) is 3.38. The highest BCUT2D eigenvalue weighted by molar-refractivity contribution is 9.10. The van der Waals surface area contributed by atoms with E-state index in [2.05, 4.69) is 15.9 Å². The predicted octanol–water partition coefficient (Wildman–Crippen LogP) is 3.16. The lowest BCUT2D eigenvalue weighted by atomic mass is 10.1. The summed E-state index contributed by atoms with van der Waals surface area (Å²) in [6, 6.07) is 13.9. The molecule has 122 valence electrons. The second kappa shape index (κ2) is 6.13. The quantitative estimate of drug-likeness (QED) is 0.688. The molecule has 3 aromatic rings. The van der Waals surface area contributed by atoms with Gasteiger partial charge >= 0.3 is 0 Å². The number of para-hydroxylation sites is 1. The Labute approximate surface area is 147 Å². The first-order valence-corrected chi connectivity index (χ1v) is 8.12. The summed E-state index contributed by atoms with van der Waals surface area (Å²) in [4.78, 5) is 26.1. The van der Waals surface area contributed by atoms with E-state index in [1.807, 2.05) is 12.1 Å². The molecule has 2 N–H and O–H groups in total. The molecule has 2 aromatic carbocycles. The van der Waals surface area contributed by atoms with Crippen LogP contribution in [0, 0.1) is 0 Å². The molecule has 0 aliphatic heterocycles. The number of pyridine rings is 1. The topological polar surface area (TPSA) is 68.3 Å². The number of carbonyl (C=O) groups excluding carboxylic acids is 1. The summed E-state index contributed by atoms with van der Waals surface area (Å²) in [7, 11) is 3.42. The number of benzene rings is 2. The van der Waals surface area contributed by atoms with E-state index in [4.69, 9.17) is 5.73 Å². The van der Waals surface area contributed by atoms with Crippen LogP contribution in [0.1, 0.15) is 10.4 Å². The third-order valence-corrected chi connectivity index (χ3v) is 4.91. The van der Waals surface area contributed by atoms with Gasteiger partial charge < -0.3 is 15.2 Å². The molecule has 1 heterocycles. The van der Waals surface area contributed by atoms with E-state index in [9.17, 15) is 9.59 Å². The van der Waals surface area contributed by atoms with Gasteiger partial charge in [-0.05, 0) is 46.3 Å². The highest BCUT2D eigenvalue weighted by Gasteiger charge is 2.19. The number of anilines is 2. The molecular formula is C18H16BrN3O2. The van der Waals surface area contributed by atoms with E-state index >= 15 is 0 Å². The zero-order valence-corrected chi connectivity index (χ0v) is 14.9. The molecule has 24 heavy (non-hydrogen) atoms. The minimum absolute atomic E-state index is 0.0800. The number of halogens is 1. The maximum Gasteiger partial charge on any atom is 0.260 e. The van der Waals surface area contributed by atoms with Gasteiger partial charge in [-0.25, -0.2) is 0 Å². The molecule has 6 heteroatoms. The van der Waals surface area contributed by atoms with E-state index in [1.54, 1.807) is 53.9 Å². The van der Waals surface area contributed by atoms with Crippen molar-refractivity contribution in [2.45, 2.75) is 0 Å². The normalized spacial score (nSPS) is 10.8. The van der Waals surface area contributed by atoms with Crippen LogP contribution in [0.4, 0.5) is 11.4 Å². The predicted molar refractivity (Wildman–Crippen MR) is 100 cm³/mol. The van der Waals surface area contributed by atoms with Crippen LogP contribution in [-0.4, -0.2) is 17.5 Å². The lowest BCUT2D eigenvalue weighted by Crippen LogP contribution is -2.27. The van der Waals surface area contributed by atoms with Crippen molar-refractivity contribution in [3.63, 3.8) is 0 Å². The van der Waals surface area contributed by atoms with Gasteiger partial charge in [-0.3, -0.25) is 9.59 Å². The number of aromatic nitrogens is 1. The Kier molecular flexibility index (Phi) is 4.15. The van der Waals surface area contributed by atoms with Crippen molar-refractivity contribution in [1.29, 1.82) is 0 Å². The second-order valence-electron chi connectivity index (χ2n) is 5.51. The fraction of sp³-hybridized carbons (Fsp3) is 0.111. The number of rotatable bonds is 2. The molecule has 0 atom stereocenters. The highest BCUT2D eigenvalue weighted by atomic mass is 79.9. The second-order valence-corrected chi connectivity index (χ2v) is 6.31. The Balaban J connectivity index is 2.11. The van der Waals surface area contributed by atoms with Gasteiger partial charge in [-0.2, -0.15) is 0 Å². The van der Waals surface area contributed by atoms with Crippen molar-refractivity contribution in [2.75, 3.05) is 17.7 Å². The number of carbonyl (C=O) groups is 1. The number of aryl methyl sites for hydroxylation is 1. The van der Waals surface area contributed by atoms with Crippen LogP contribution >= 0.6 is 15.9 Å². The molecule has 1 aromatic heterocycles. The van der Waals surface area contributed by atoms with Crippen LogP contribution in [0.5, 0.6) is 0 Å². The molecule has 0 radical (unpaired) electrons. The van der Waals surface area contributed by atoms with E-state index in [0.29, 0.717) is 16.9 Å². The smallest absolute Gasteiger partial charge is 0.260 e. The lowest BCUT2D eigenvalue weighted by molar-refractivity contribution is 0.0994. The van der Waals surface area contributed by atoms with Crippen molar-refractivity contribution in [3.8, 4) is 0 Å². The third-order valence-electron chi connectivity index (χ3n) is 4.08. The number of hydrogen-bond donors (Lipinski definition) is 1. The molecule has 0 aliphatic carbocycles. The maximum atomic E-state index is 12.7. The van der Waals surface area contributed by atoms with Gasteiger partial charge in [-0.1, -0.05) is 12.1 Å². The van der Waals surface area contributed by atoms with Crippen molar-refractivity contribution in [2.24, 2.45) is 7.05 Å². The van der Waals surface area contributed by atoms with Gasteiger partial charge in [0.1, 0.15) is 0 Å². The van der Waals surface area contributed by atoms with E-state index in [1.165, 1.54) is 6.07 Å². The standard InChI is InChI=1S/C18H16BrN3O2/c1-21-14-8-9-15(17(19)12(14)7-10-16(21)23)22(2)18(24)11-5-3-4-6-13(11)20/h3-10H,20H2,1-2H3. The highest BCUT2D eigenvalue weighted by Crippen LogP contribution is 2.33. The number of nitrogens with two attached hydrogens (primary N) is 1. The largest absolute Gasteiger partial charge is 0.398 e. The van der Waals surface area contributed by atoms with Crippen LogP contribution in [0.3, 0.4) is 0 Å². The first-order valence-electron chi connectivity index (χ1n) is 7.32. The molecular weight excluding hydrogens is 370 g/mol. The molecule has 0 saturated heterocycles. The van der Waals surface area contributed by atoms with Crippen molar-refractivity contribution >= 4 is 44.1 Å². The first-order chi connectivity index (χ1) is 11.4. The molecule has 5 nitrogen and oxygen atoms in total. The van der Waals surface area contributed by atoms with Crippen molar-refractivity contribution < 1.29 is 4.79 Å². The number of hydrogen-bond acceptors (Lipinski definition) is 3. The summed E-state index contributed by atoms with van der Waals surface area (Å²) in [6.45, 7) is 0. The Bertz CT molecular complexity index is 1010. The maximum absolute atomic E-state index is 12.7. The number of nitrogens with zero attached hydrogens (tertiary/aromatic N) is 2. The van der Waals surface area contributed by atoms with Gasteiger partial charge in [0.2, 0.25) is 0 Å². The Morgan fingerprint density at radius 2 is 1.83 bits per heavy atom. The minimum Gasteiger partial charge on any atom is -0.398 e. The number of fused-ring (bicyclic) bond motifs is 1. The van der Waals surface area contributed by atoms with Gasteiger partial charge in [0.05, 0.1) is 21.2 Å². The van der Waals surface area contributed by atoms with E-state index in [0.717, 1.165) is 15.4 Å². The van der Waals surface area contributed by atoms with Crippen LogP contribution < -0.4 is 16.2 Å². The third kappa shape index (κ3) is 2.59. The first kappa shape index (κ1) is 16.3. The van der Waals surface area contributed by atoms with Crippen LogP contribution in [-0.2, 0) is 7.05 Å². The summed E-state index contributed by atoms with van der Waals surface area (Å²) < 4.78 is 2.32. The average molecular weight is 386 g/mol. The number of amides is 1. The van der Waals surface area contributed by atoms with E-state index in [-0.39, 0.29) is 11.5 Å². The zero-order valence-electron chi connectivity index (χ0n) is 13.3. The van der Waals surface area contributed by atoms with Gasteiger partial charge in [0.25, 0.3) is 11.5 Å². The van der Waals surface area contributed by atoms with Crippen molar-refractivity contribution in [3.05, 3.63) is 68.9 Å². The molecule has 3 rings (SSSR count). The van der Waals surface area contributed by atoms with Gasteiger partial charge in [-0.15, -0.1) is 0 Å². The molecule has 1 amide bonds. The van der Waals surface area contributed by atoms with Crippen LogP contribution in [0.2, 0.25) is 0 Å². The molecule has 0 saturated carbocycles. The summed E-state index contributed by atoms with van der Waals surface area (Å²) in [5.74, 6) is -0.196. The molecule has 0 unspecified atom stereocenters. The molecule has 0 fully saturated rings. The monoisotopic (exact) mass is 385 g/mol. The lowest BCUT2D eigenvalue weighted by Gasteiger charge is -2.21. The Hall–Kier alpha value is -2.60. The average Bonchev–Trinajstić information content (AvgIpc) is 2.58. The summed E-state index contributed by atoms with van der Waals surface area (Å²) in [5, 5.41) is 0.857. The Morgan fingerprint density at radius 3 is 2.54 bits per heavy atom. The minimum atomic E-state index is -0.196. The number of nitrogen functional groups attached to an aromatic ring is 1. The summed E-state index contributed by atoms with van der Waals surface area (Å²) in [6.07, 6.45) is 0. The molecule has 0 bridgehead atoms. The summed E-state index contributed by atoms with van der Waals surface area (Å²) >= 11 is 3.56. The molecule has 0 aliphatic rings. The molecule has 0 spiro atoms. The fourth-order valence-electron chi connectivity index (χ4n) is 2.65. The van der Waals surface area contributed by atoms with Gasteiger partial charge in [0, 0.05) is 31.2 Å². The van der Waals surface area contributed by atoms with Gasteiger partial charge in [0.15, 0.2) is 0 Å². The van der Waals surface area contributed by atoms with Crippen LogP contribution in [0.25, 0.3) is 10.9 Å². The van der Waals surface area contributed by atoms with E-state index < -0.39 is 0 Å². The van der Waals surface area contributed by atoms with Crippen LogP contribution in [0.15, 0.2) is 57.8 Å². The summed E-state index contributed by atoms with van der Waals surface area (Å²) in [5.41, 5.74) is 8.21. The zero-order chi connectivity index (χ0) is 17.4.